The molecule has 0 bridgehead atoms. The highest BCUT2D eigenvalue weighted by Crippen LogP contribution is 2.41. The second-order valence-corrected chi connectivity index (χ2v) is 6.94. The standard InChI is InChI=1S/C16H30N2O2/c1-4-9-17-16(15(19)20,14-7-8-14)11-18(12(2)3)10-13-5-6-13/h12-14,17H,4-11H2,1-3H3,(H,19,20). The van der Waals surface area contributed by atoms with Crippen molar-refractivity contribution in [2.24, 2.45) is 11.8 Å². The van der Waals surface area contributed by atoms with Crippen LogP contribution < -0.4 is 5.32 Å². The van der Waals surface area contributed by atoms with Crippen LogP contribution >= 0.6 is 0 Å². The second kappa shape index (κ2) is 6.44. The van der Waals surface area contributed by atoms with Gasteiger partial charge in [-0.1, -0.05) is 6.92 Å². The first-order valence-corrected chi connectivity index (χ1v) is 8.22. The molecule has 2 aliphatic rings. The third-order valence-electron chi connectivity index (χ3n) is 4.72. The highest BCUT2D eigenvalue weighted by molar-refractivity contribution is 5.80. The van der Waals surface area contributed by atoms with Crippen LogP contribution in [0.5, 0.6) is 0 Å². The van der Waals surface area contributed by atoms with Gasteiger partial charge in [0.05, 0.1) is 0 Å². The van der Waals surface area contributed by atoms with Gasteiger partial charge < -0.3 is 10.4 Å². The summed E-state index contributed by atoms with van der Waals surface area (Å²) < 4.78 is 0. The molecule has 4 nitrogen and oxygen atoms in total. The van der Waals surface area contributed by atoms with E-state index >= 15 is 0 Å². The fourth-order valence-electron chi connectivity index (χ4n) is 2.98. The highest BCUT2D eigenvalue weighted by atomic mass is 16.4. The van der Waals surface area contributed by atoms with Crippen LogP contribution in [0.15, 0.2) is 0 Å². The summed E-state index contributed by atoms with van der Waals surface area (Å²) >= 11 is 0. The van der Waals surface area contributed by atoms with Gasteiger partial charge in [0.15, 0.2) is 0 Å². The fraction of sp³-hybridized carbons (Fsp3) is 0.938. The minimum Gasteiger partial charge on any atom is -0.480 e. The first-order chi connectivity index (χ1) is 9.49. The van der Waals surface area contributed by atoms with Crippen molar-refractivity contribution >= 4 is 5.97 Å². The Kier molecular flexibility index (Phi) is 5.08. The van der Waals surface area contributed by atoms with Crippen molar-refractivity contribution < 1.29 is 9.90 Å². The van der Waals surface area contributed by atoms with Gasteiger partial charge >= 0.3 is 5.97 Å². The summed E-state index contributed by atoms with van der Waals surface area (Å²) in [6.07, 6.45) is 5.72. The lowest BCUT2D eigenvalue weighted by Gasteiger charge is -2.38. The van der Waals surface area contributed by atoms with Crippen LogP contribution in [0.25, 0.3) is 0 Å². The Labute approximate surface area is 122 Å². The van der Waals surface area contributed by atoms with Crippen LogP contribution in [0.3, 0.4) is 0 Å². The van der Waals surface area contributed by atoms with Crippen molar-refractivity contribution in [3.8, 4) is 0 Å². The van der Waals surface area contributed by atoms with E-state index in [0.29, 0.717) is 18.5 Å². The fourth-order valence-corrected chi connectivity index (χ4v) is 2.98. The van der Waals surface area contributed by atoms with Crippen molar-refractivity contribution in [1.82, 2.24) is 10.2 Å². The molecule has 0 aromatic heterocycles. The molecule has 2 N–H and O–H groups in total. The van der Waals surface area contributed by atoms with Crippen LogP contribution in [0.2, 0.25) is 0 Å². The summed E-state index contributed by atoms with van der Waals surface area (Å²) in [7, 11) is 0. The zero-order valence-corrected chi connectivity index (χ0v) is 13.2. The lowest BCUT2D eigenvalue weighted by Crippen LogP contribution is -2.62. The largest absolute Gasteiger partial charge is 0.480 e. The van der Waals surface area contributed by atoms with Crippen LogP contribution in [-0.2, 0) is 4.79 Å². The van der Waals surface area contributed by atoms with Gasteiger partial charge in [0.1, 0.15) is 5.54 Å². The Balaban J connectivity index is 2.08. The third kappa shape index (κ3) is 3.73. The van der Waals surface area contributed by atoms with E-state index in [0.717, 1.165) is 38.3 Å². The van der Waals surface area contributed by atoms with Crippen LogP contribution in [0.4, 0.5) is 0 Å². The quantitative estimate of drug-likeness (QED) is 0.646. The molecule has 0 radical (unpaired) electrons. The maximum absolute atomic E-state index is 12.0. The average molecular weight is 282 g/mol. The maximum Gasteiger partial charge on any atom is 0.325 e. The predicted octanol–water partition coefficient (Wildman–Crippen LogP) is 2.34. The second-order valence-electron chi connectivity index (χ2n) is 6.94. The Morgan fingerprint density at radius 3 is 2.40 bits per heavy atom. The molecule has 0 aliphatic heterocycles. The molecule has 0 saturated heterocycles. The number of nitrogens with one attached hydrogen (secondary N) is 1. The van der Waals surface area contributed by atoms with E-state index in [9.17, 15) is 9.90 Å². The summed E-state index contributed by atoms with van der Waals surface area (Å²) in [6, 6.07) is 0.413. The number of hydrogen-bond donors (Lipinski definition) is 2. The normalized spacial score (nSPS) is 22.2. The molecule has 0 heterocycles. The molecule has 2 saturated carbocycles. The minimum atomic E-state index is -0.727. The van der Waals surface area contributed by atoms with Gasteiger partial charge in [-0.2, -0.15) is 0 Å². The van der Waals surface area contributed by atoms with E-state index in [1.54, 1.807) is 0 Å². The van der Waals surface area contributed by atoms with Gasteiger partial charge in [-0.25, -0.2) is 0 Å². The molecule has 0 aromatic carbocycles. The number of carbonyl (C=O) groups is 1. The number of carboxylic acid groups (broad SMARTS) is 1. The molecule has 0 amide bonds. The van der Waals surface area contributed by atoms with Crippen molar-refractivity contribution in [2.45, 2.75) is 64.5 Å². The zero-order valence-electron chi connectivity index (χ0n) is 13.2. The van der Waals surface area contributed by atoms with Crippen molar-refractivity contribution in [3.63, 3.8) is 0 Å². The third-order valence-corrected chi connectivity index (χ3v) is 4.72. The molecule has 4 heteroatoms. The van der Waals surface area contributed by atoms with Crippen molar-refractivity contribution in [3.05, 3.63) is 0 Å². The summed E-state index contributed by atoms with van der Waals surface area (Å²) in [5.74, 6) is 0.455. The van der Waals surface area contributed by atoms with Gasteiger partial charge in [0.2, 0.25) is 0 Å². The number of hydrogen-bond acceptors (Lipinski definition) is 3. The number of aliphatic carboxylic acids is 1. The summed E-state index contributed by atoms with van der Waals surface area (Å²) in [4.78, 5) is 14.4. The van der Waals surface area contributed by atoms with Gasteiger partial charge in [-0.3, -0.25) is 9.69 Å². The van der Waals surface area contributed by atoms with E-state index in [1.165, 1.54) is 12.8 Å². The Hall–Kier alpha value is -0.610. The van der Waals surface area contributed by atoms with Gasteiger partial charge in [0, 0.05) is 19.1 Å². The highest BCUT2D eigenvalue weighted by Gasteiger charge is 2.52. The lowest BCUT2D eigenvalue weighted by atomic mass is 9.91. The van der Waals surface area contributed by atoms with Crippen LogP contribution in [-0.4, -0.2) is 47.2 Å². The monoisotopic (exact) mass is 282 g/mol. The molecular weight excluding hydrogens is 252 g/mol. The molecule has 0 aromatic rings. The van der Waals surface area contributed by atoms with Gasteiger partial charge in [-0.15, -0.1) is 0 Å². The Morgan fingerprint density at radius 2 is 2.00 bits per heavy atom. The molecule has 2 aliphatic carbocycles. The van der Waals surface area contributed by atoms with Crippen LogP contribution in [0, 0.1) is 11.8 Å². The minimum absolute atomic E-state index is 0.312. The van der Waals surface area contributed by atoms with E-state index in [2.05, 4.69) is 31.0 Å². The smallest absolute Gasteiger partial charge is 0.325 e. The zero-order chi connectivity index (χ0) is 14.8. The summed E-state index contributed by atoms with van der Waals surface area (Å²) in [5, 5.41) is 13.2. The van der Waals surface area contributed by atoms with Crippen molar-refractivity contribution in [1.29, 1.82) is 0 Å². The first-order valence-electron chi connectivity index (χ1n) is 8.22. The topological polar surface area (TPSA) is 52.6 Å². The van der Waals surface area contributed by atoms with E-state index < -0.39 is 11.5 Å². The summed E-state index contributed by atoms with van der Waals surface area (Å²) in [5.41, 5.74) is -0.727. The number of carboxylic acids is 1. The maximum atomic E-state index is 12.0. The molecular formula is C16H30N2O2. The molecule has 116 valence electrons. The van der Waals surface area contributed by atoms with E-state index in [-0.39, 0.29) is 0 Å². The molecule has 20 heavy (non-hydrogen) atoms. The molecule has 1 unspecified atom stereocenters. The predicted molar refractivity (Wildman–Crippen MR) is 80.8 cm³/mol. The lowest BCUT2D eigenvalue weighted by molar-refractivity contribution is -0.147. The van der Waals surface area contributed by atoms with E-state index in [1.807, 2.05) is 0 Å². The molecule has 2 fully saturated rings. The Bertz CT molecular complexity index is 337. The van der Waals surface area contributed by atoms with Gasteiger partial charge in [0.25, 0.3) is 0 Å². The average Bonchev–Trinajstić information content (AvgIpc) is 3.25. The van der Waals surface area contributed by atoms with Crippen molar-refractivity contribution in [2.75, 3.05) is 19.6 Å². The molecule has 1 atom stereocenters. The SMILES string of the molecule is CCCNC(CN(CC1CC1)C(C)C)(C(=O)O)C1CC1. The molecule has 0 spiro atoms. The first kappa shape index (κ1) is 15.8. The Morgan fingerprint density at radius 1 is 1.35 bits per heavy atom. The summed E-state index contributed by atoms with van der Waals surface area (Å²) in [6.45, 7) is 8.97. The number of nitrogens with zero attached hydrogens (tertiary/aromatic N) is 1. The number of rotatable bonds is 10. The van der Waals surface area contributed by atoms with E-state index in [4.69, 9.17) is 0 Å². The van der Waals surface area contributed by atoms with Crippen LogP contribution in [0.1, 0.15) is 52.9 Å². The van der Waals surface area contributed by atoms with Gasteiger partial charge in [-0.05, 0) is 64.3 Å². The molecule has 2 rings (SSSR count).